The number of morpholine rings is 1. The summed E-state index contributed by atoms with van der Waals surface area (Å²) in [5, 5.41) is 0. The first-order valence-electron chi connectivity index (χ1n) is 10.8. The fourth-order valence-electron chi connectivity index (χ4n) is 4.52. The third-order valence-corrected chi connectivity index (χ3v) is 5.99. The second kappa shape index (κ2) is 8.58. The summed E-state index contributed by atoms with van der Waals surface area (Å²) in [6, 6.07) is 7.70. The Balaban J connectivity index is 1.76. The summed E-state index contributed by atoms with van der Waals surface area (Å²) in [6.07, 6.45) is 1.42. The fraction of sp³-hybridized carbons (Fsp3) is 0.500. The van der Waals surface area contributed by atoms with Gasteiger partial charge < -0.3 is 20.3 Å². The minimum atomic E-state index is -0.546. The van der Waals surface area contributed by atoms with Crippen molar-refractivity contribution < 1.29 is 9.53 Å². The van der Waals surface area contributed by atoms with E-state index in [2.05, 4.69) is 0 Å². The zero-order valence-corrected chi connectivity index (χ0v) is 18.0. The highest BCUT2D eigenvalue weighted by Gasteiger charge is 2.32. The highest BCUT2D eigenvalue weighted by atomic mass is 16.5. The van der Waals surface area contributed by atoms with E-state index in [0.717, 1.165) is 22.2 Å². The van der Waals surface area contributed by atoms with Gasteiger partial charge in [-0.15, -0.1) is 0 Å². The zero-order valence-electron chi connectivity index (χ0n) is 18.0. The topological polar surface area (TPSA) is 103 Å². The molecule has 0 unspecified atom stereocenters. The molecule has 2 aliphatic rings. The number of fused-ring (bicyclic) bond motifs is 1. The maximum atomic E-state index is 13.4. The number of benzene rings is 1. The van der Waals surface area contributed by atoms with Crippen LogP contribution in [0.5, 0.6) is 0 Å². The van der Waals surface area contributed by atoms with Gasteiger partial charge in [0.15, 0.2) is 0 Å². The number of nitrogens with two attached hydrogens (primary N) is 1. The fourth-order valence-corrected chi connectivity index (χ4v) is 4.52. The van der Waals surface area contributed by atoms with Crippen LogP contribution in [0.3, 0.4) is 0 Å². The maximum absolute atomic E-state index is 13.4. The van der Waals surface area contributed by atoms with Crippen molar-refractivity contribution in [1.29, 1.82) is 0 Å². The average Bonchev–Trinajstić information content (AvgIpc) is 3.10. The standard InChI is InChI=1S/C22H29N5O4/c1-3-8-25-20(23)19(24-9-11-31-12-10-24)21(29)26(22(25)30)14-18(28)27-15(2)13-16-6-4-5-7-17(16)27/h4-7,15H,3,8-14,23H2,1-2H3/t15-/m0/s1. The summed E-state index contributed by atoms with van der Waals surface area (Å²) in [4.78, 5) is 43.3. The molecule has 0 radical (unpaired) electrons. The maximum Gasteiger partial charge on any atom is 0.333 e. The molecule has 1 aromatic carbocycles. The first-order valence-corrected chi connectivity index (χ1v) is 10.8. The normalized spacial score (nSPS) is 18.3. The van der Waals surface area contributed by atoms with E-state index in [4.69, 9.17) is 10.5 Å². The lowest BCUT2D eigenvalue weighted by Crippen LogP contribution is -2.50. The molecule has 1 aromatic heterocycles. The van der Waals surface area contributed by atoms with Crippen molar-refractivity contribution >= 4 is 23.1 Å². The summed E-state index contributed by atoms with van der Waals surface area (Å²) in [6.45, 7) is 5.93. The van der Waals surface area contributed by atoms with Crippen molar-refractivity contribution in [3.05, 3.63) is 50.7 Å². The van der Waals surface area contributed by atoms with Crippen LogP contribution < -0.4 is 26.8 Å². The molecule has 1 fully saturated rings. The first-order chi connectivity index (χ1) is 14.9. The second-order valence-corrected chi connectivity index (χ2v) is 8.10. The number of nitrogens with zero attached hydrogens (tertiary/aromatic N) is 4. The molecule has 2 aliphatic heterocycles. The van der Waals surface area contributed by atoms with Crippen LogP contribution in [-0.2, 0) is 29.0 Å². The molecule has 4 rings (SSSR count). The van der Waals surface area contributed by atoms with Crippen molar-refractivity contribution in [2.24, 2.45) is 0 Å². The van der Waals surface area contributed by atoms with E-state index >= 15 is 0 Å². The van der Waals surface area contributed by atoms with Gasteiger partial charge in [-0.2, -0.15) is 0 Å². The molecule has 0 aliphatic carbocycles. The molecule has 0 saturated carbocycles. The molecule has 1 amide bonds. The molecule has 31 heavy (non-hydrogen) atoms. The number of hydrogen-bond acceptors (Lipinski definition) is 6. The van der Waals surface area contributed by atoms with Gasteiger partial charge >= 0.3 is 5.69 Å². The number of nitrogen functional groups attached to an aromatic ring is 1. The molecule has 2 N–H and O–H groups in total. The van der Waals surface area contributed by atoms with Crippen molar-refractivity contribution in [2.45, 2.75) is 45.8 Å². The Hall–Kier alpha value is -3.07. The van der Waals surface area contributed by atoms with Crippen molar-refractivity contribution in [3.8, 4) is 0 Å². The van der Waals surface area contributed by atoms with Crippen molar-refractivity contribution in [3.63, 3.8) is 0 Å². The smallest absolute Gasteiger partial charge is 0.333 e. The van der Waals surface area contributed by atoms with Crippen LogP contribution in [0, 0.1) is 0 Å². The number of amides is 1. The molecule has 166 valence electrons. The van der Waals surface area contributed by atoms with Crippen LogP contribution in [0.2, 0.25) is 0 Å². The Morgan fingerprint density at radius 2 is 1.87 bits per heavy atom. The molecule has 1 atom stereocenters. The molecular formula is C22H29N5O4. The van der Waals surface area contributed by atoms with Gasteiger partial charge in [-0.3, -0.25) is 14.2 Å². The second-order valence-electron chi connectivity index (χ2n) is 8.10. The number of hydrogen-bond donors (Lipinski definition) is 1. The third kappa shape index (κ3) is 3.74. The Morgan fingerprint density at radius 3 is 2.58 bits per heavy atom. The van der Waals surface area contributed by atoms with Gasteiger partial charge in [-0.05, 0) is 31.4 Å². The number of aromatic nitrogens is 2. The lowest BCUT2D eigenvalue weighted by molar-refractivity contribution is -0.119. The minimum absolute atomic E-state index is 0.0361. The van der Waals surface area contributed by atoms with Gasteiger partial charge in [0.1, 0.15) is 18.1 Å². The average molecular weight is 428 g/mol. The van der Waals surface area contributed by atoms with Crippen LogP contribution in [0.4, 0.5) is 17.2 Å². The summed E-state index contributed by atoms with van der Waals surface area (Å²) < 4.78 is 7.83. The van der Waals surface area contributed by atoms with Crippen LogP contribution >= 0.6 is 0 Å². The van der Waals surface area contributed by atoms with E-state index in [1.165, 1.54) is 4.57 Å². The summed E-state index contributed by atoms with van der Waals surface area (Å²) >= 11 is 0. The van der Waals surface area contributed by atoms with E-state index < -0.39 is 11.2 Å². The Bertz CT molecular complexity index is 1100. The van der Waals surface area contributed by atoms with Gasteiger partial charge in [0.25, 0.3) is 5.56 Å². The Labute approximate surface area is 180 Å². The zero-order chi connectivity index (χ0) is 22.1. The third-order valence-electron chi connectivity index (χ3n) is 5.99. The van der Waals surface area contributed by atoms with Crippen molar-refractivity contribution in [1.82, 2.24) is 9.13 Å². The summed E-state index contributed by atoms with van der Waals surface area (Å²) in [5.41, 5.74) is 7.42. The first kappa shape index (κ1) is 21.2. The van der Waals surface area contributed by atoms with Crippen LogP contribution in [0.1, 0.15) is 25.8 Å². The molecular weight excluding hydrogens is 398 g/mol. The number of rotatable bonds is 5. The van der Waals surface area contributed by atoms with Gasteiger partial charge in [0, 0.05) is 31.4 Å². The van der Waals surface area contributed by atoms with Crippen LogP contribution in [0.15, 0.2) is 33.9 Å². The Kier molecular flexibility index (Phi) is 5.86. The quantitative estimate of drug-likeness (QED) is 0.758. The SMILES string of the molecule is CCCn1c(N)c(N2CCOCC2)c(=O)n(CC(=O)N2c3ccccc3C[C@@H]2C)c1=O. The summed E-state index contributed by atoms with van der Waals surface area (Å²) in [5.74, 6) is -0.125. The highest BCUT2D eigenvalue weighted by molar-refractivity contribution is 5.96. The summed E-state index contributed by atoms with van der Waals surface area (Å²) in [7, 11) is 0. The molecule has 9 nitrogen and oxygen atoms in total. The predicted octanol–water partition coefficient (Wildman–Crippen LogP) is 0.817. The molecule has 3 heterocycles. The van der Waals surface area contributed by atoms with Gasteiger partial charge in [-0.25, -0.2) is 9.36 Å². The lowest BCUT2D eigenvalue weighted by Gasteiger charge is -2.30. The van der Waals surface area contributed by atoms with E-state index in [-0.39, 0.29) is 30.0 Å². The largest absolute Gasteiger partial charge is 0.383 e. The Morgan fingerprint density at radius 1 is 1.16 bits per heavy atom. The monoisotopic (exact) mass is 427 g/mol. The lowest BCUT2D eigenvalue weighted by atomic mass is 10.1. The number of carbonyl (C=O) groups is 1. The number of anilines is 3. The number of carbonyl (C=O) groups excluding carboxylic acids is 1. The van der Waals surface area contributed by atoms with Crippen LogP contribution in [0.25, 0.3) is 0 Å². The predicted molar refractivity (Wildman–Crippen MR) is 120 cm³/mol. The van der Waals surface area contributed by atoms with E-state index in [9.17, 15) is 14.4 Å². The van der Waals surface area contributed by atoms with Gasteiger partial charge in [0.05, 0.1) is 13.2 Å². The highest BCUT2D eigenvalue weighted by Crippen LogP contribution is 2.32. The van der Waals surface area contributed by atoms with Crippen molar-refractivity contribution in [2.75, 3.05) is 41.8 Å². The molecule has 0 bridgehead atoms. The molecule has 9 heteroatoms. The molecule has 2 aromatic rings. The molecule has 1 saturated heterocycles. The van der Waals surface area contributed by atoms with Gasteiger partial charge in [0.2, 0.25) is 5.91 Å². The van der Waals surface area contributed by atoms with E-state index in [1.54, 1.807) is 4.90 Å². The van der Waals surface area contributed by atoms with Crippen LogP contribution in [-0.4, -0.2) is 47.4 Å². The minimum Gasteiger partial charge on any atom is -0.383 e. The van der Waals surface area contributed by atoms with Gasteiger partial charge in [-0.1, -0.05) is 25.1 Å². The molecule has 0 spiro atoms. The number of para-hydroxylation sites is 1. The number of ether oxygens (including phenoxy) is 1. The van der Waals surface area contributed by atoms with E-state index in [0.29, 0.717) is 39.3 Å². The van der Waals surface area contributed by atoms with E-state index in [1.807, 2.05) is 43.0 Å².